The first-order valence-corrected chi connectivity index (χ1v) is 10.7. The Kier molecular flexibility index (Phi) is 7.23. The molecule has 0 aliphatic carbocycles. The van der Waals surface area contributed by atoms with Gasteiger partial charge in [-0.05, 0) is 55.5 Å². The molecule has 1 atom stereocenters. The minimum absolute atomic E-state index is 0.465. The summed E-state index contributed by atoms with van der Waals surface area (Å²) >= 11 is 5.86. The van der Waals surface area contributed by atoms with Crippen LogP contribution in [-0.2, 0) is 9.59 Å². The van der Waals surface area contributed by atoms with Gasteiger partial charge in [-0.1, -0.05) is 11.6 Å². The van der Waals surface area contributed by atoms with Gasteiger partial charge in [-0.15, -0.1) is 0 Å². The smallest absolute Gasteiger partial charge is 0.320 e. The molecule has 0 radical (unpaired) electrons. The Morgan fingerprint density at radius 3 is 2.12 bits per heavy atom. The van der Waals surface area contributed by atoms with Gasteiger partial charge < -0.3 is 25.8 Å². The summed E-state index contributed by atoms with van der Waals surface area (Å²) < 4.78 is 0. The molecule has 33 heavy (non-hydrogen) atoms. The van der Waals surface area contributed by atoms with Crippen LogP contribution in [0.5, 0.6) is 0 Å². The van der Waals surface area contributed by atoms with Crippen molar-refractivity contribution in [1.29, 1.82) is 0 Å². The highest BCUT2D eigenvalue weighted by Crippen LogP contribution is 2.18. The molecule has 1 heterocycles. The van der Waals surface area contributed by atoms with E-state index < -0.39 is 23.4 Å². The Labute approximate surface area is 197 Å². The minimum atomic E-state index is -1.85. The van der Waals surface area contributed by atoms with Crippen LogP contribution in [0.15, 0.2) is 53.5 Å². The second kappa shape index (κ2) is 9.91. The van der Waals surface area contributed by atoms with E-state index in [9.17, 15) is 14.4 Å². The number of hydrogen-bond donors (Lipinski definition) is 3. The van der Waals surface area contributed by atoms with E-state index in [1.807, 2.05) is 19.2 Å². The third-order valence-electron chi connectivity index (χ3n) is 5.21. The highest BCUT2D eigenvalue weighted by atomic mass is 35.5. The van der Waals surface area contributed by atoms with E-state index in [0.29, 0.717) is 16.4 Å². The maximum absolute atomic E-state index is 13.2. The number of carbonyl (C=O) groups is 3. The van der Waals surface area contributed by atoms with Crippen LogP contribution < -0.4 is 16.0 Å². The molecule has 2 aromatic rings. The molecule has 0 fully saturated rings. The number of halogens is 1. The number of amidine groups is 1. The van der Waals surface area contributed by atoms with E-state index in [-0.39, 0.29) is 0 Å². The van der Waals surface area contributed by atoms with E-state index in [1.54, 1.807) is 36.4 Å². The Morgan fingerprint density at radius 1 is 1.00 bits per heavy atom. The second-order valence-corrected chi connectivity index (χ2v) is 8.51. The molecular formula is C23H27ClN6O3. The number of urea groups is 1. The van der Waals surface area contributed by atoms with Crippen molar-refractivity contribution in [2.75, 3.05) is 44.9 Å². The fourth-order valence-electron chi connectivity index (χ4n) is 3.38. The maximum atomic E-state index is 13.2. The summed E-state index contributed by atoms with van der Waals surface area (Å²) in [6, 6.07) is 12.9. The zero-order valence-electron chi connectivity index (χ0n) is 19.0. The minimum Gasteiger partial charge on any atom is -0.358 e. The van der Waals surface area contributed by atoms with E-state index in [0.717, 1.165) is 24.5 Å². The van der Waals surface area contributed by atoms with Gasteiger partial charge in [0.1, 0.15) is 5.84 Å². The molecule has 0 saturated carbocycles. The number of benzene rings is 2. The van der Waals surface area contributed by atoms with Gasteiger partial charge in [0.05, 0.1) is 6.54 Å². The average molecular weight is 471 g/mol. The second-order valence-electron chi connectivity index (χ2n) is 8.07. The summed E-state index contributed by atoms with van der Waals surface area (Å²) in [4.78, 5) is 46.4. The number of amides is 4. The molecule has 1 aliphatic rings. The van der Waals surface area contributed by atoms with Crippen LogP contribution in [0, 0.1) is 0 Å². The highest BCUT2D eigenvalue weighted by molar-refractivity contribution is 6.30. The lowest BCUT2D eigenvalue weighted by atomic mass is 9.99. The molecule has 1 unspecified atom stereocenters. The zero-order valence-corrected chi connectivity index (χ0v) is 19.7. The van der Waals surface area contributed by atoms with Gasteiger partial charge in [0.2, 0.25) is 0 Å². The van der Waals surface area contributed by atoms with Crippen molar-refractivity contribution >= 4 is 46.7 Å². The molecule has 2 aromatic carbocycles. The molecule has 10 heteroatoms. The van der Waals surface area contributed by atoms with Crippen molar-refractivity contribution in [3.8, 4) is 0 Å². The van der Waals surface area contributed by atoms with Gasteiger partial charge in [0.15, 0.2) is 5.54 Å². The molecule has 0 spiro atoms. The number of carbonyl (C=O) groups excluding carboxylic acids is 3. The first kappa shape index (κ1) is 24.1. The summed E-state index contributed by atoms with van der Waals surface area (Å²) in [6.07, 6.45) is 0. The normalized spacial score (nSPS) is 14.7. The molecule has 3 rings (SSSR count). The van der Waals surface area contributed by atoms with Crippen LogP contribution in [0.4, 0.5) is 16.2 Å². The van der Waals surface area contributed by atoms with Gasteiger partial charge in [-0.25, -0.2) is 4.79 Å². The predicted octanol–water partition coefficient (Wildman–Crippen LogP) is 2.64. The van der Waals surface area contributed by atoms with Crippen LogP contribution >= 0.6 is 11.6 Å². The van der Waals surface area contributed by atoms with Crippen LogP contribution in [0.1, 0.15) is 12.5 Å². The third kappa shape index (κ3) is 5.61. The SMILES string of the molecule is CN(C)C(=O)C(C)(NC(=O)Nc1ccc(Cl)cc1)C(=O)Nc1ccc(C2=NCCN2C)cc1. The molecule has 0 aromatic heterocycles. The summed E-state index contributed by atoms with van der Waals surface area (Å²) in [6.45, 7) is 2.98. The Balaban J connectivity index is 1.75. The molecule has 174 valence electrons. The van der Waals surface area contributed by atoms with Gasteiger partial charge in [0.25, 0.3) is 11.8 Å². The molecule has 3 N–H and O–H groups in total. The van der Waals surface area contributed by atoms with Crippen LogP contribution in [0.25, 0.3) is 0 Å². The van der Waals surface area contributed by atoms with E-state index in [1.165, 1.54) is 25.9 Å². The summed E-state index contributed by atoms with van der Waals surface area (Å²) in [5.41, 5.74) is 0.0321. The van der Waals surface area contributed by atoms with Crippen LogP contribution in [-0.4, -0.2) is 73.3 Å². The number of anilines is 2. The van der Waals surface area contributed by atoms with Crippen LogP contribution in [0.3, 0.4) is 0 Å². The molecule has 4 amide bonds. The highest BCUT2D eigenvalue weighted by Gasteiger charge is 2.44. The van der Waals surface area contributed by atoms with Gasteiger partial charge in [0, 0.05) is 49.6 Å². The Hall–Kier alpha value is -3.59. The van der Waals surface area contributed by atoms with Gasteiger partial charge in [-0.2, -0.15) is 0 Å². The van der Waals surface area contributed by atoms with E-state index in [4.69, 9.17) is 11.6 Å². The number of likely N-dealkylation sites (N-methyl/N-ethyl adjacent to an activating group) is 2. The molecule has 9 nitrogen and oxygen atoms in total. The lowest BCUT2D eigenvalue weighted by Gasteiger charge is -2.30. The van der Waals surface area contributed by atoms with Gasteiger partial charge in [-0.3, -0.25) is 14.6 Å². The largest absolute Gasteiger partial charge is 0.358 e. The average Bonchev–Trinajstić information content (AvgIpc) is 3.20. The predicted molar refractivity (Wildman–Crippen MR) is 130 cm³/mol. The van der Waals surface area contributed by atoms with Crippen molar-refractivity contribution in [2.24, 2.45) is 4.99 Å². The summed E-state index contributed by atoms with van der Waals surface area (Å²) in [7, 11) is 5.00. The zero-order chi connectivity index (χ0) is 24.2. The fraction of sp³-hybridized carbons (Fsp3) is 0.304. The Bertz CT molecular complexity index is 1070. The topological polar surface area (TPSA) is 106 Å². The quantitative estimate of drug-likeness (QED) is 0.564. The van der Waals surface area contributed by atoms with Crippen molar-refractivity contribution in [2.45, 2.75) is 12.5 Å². The van der Waals surface area contributed by atoms with E-state index in [2.05, 4.69) is 25.8 Å². The molecule has 1 aliphatic heterocycles. The lowest BCUT2D eigenvalue weighted by Crippen LogP contribution is -2.63. The fourth-order valence-corrected chi connectivity index (χ4v) is 3.51. The molecule has 0 saturated heterocycles. The number of hydrogen-bond acceptors (Lipinski definition) is 5. The number of aliphatic imine (C=N–C) groups is 1. The van der Waals surface area contributed by atoms with Crippen molar-refractivity contribution in [3.63, 3.8) is 0 Å². The number of nitrogens with one attached hydrogen (secondary N) is 3. The Morgan fingerprint density at radius 2 is 1.58 bits per heavy atom. The monoisotopic (exact) mass is 470 g/mol. The van der Waals surface area contributed by atoms with Crippen LogP contribution in [0.2, 0.25) is 5.02 Å². The van der Waals surface area contributed by atoms with Gasteiger partial charge >= 0.3 is 6.03 Å². The molecule has 0 bridgehead atoms. The first-order chi connectivity index (χ1) is 15.6. The molecular weight excluding hydrogens is 444 g/mol. The lowest BCUT2D eigenvalue weighted by molar-refractivity contribution is -0.140. The maximum Gasteiger partial charge on any atom is 0.320 e. The summed E-state index contributed by atoms with van der Waals surface area (Å²) in [5, 5.41) is 8.35. The first-order valence-electron chi connectivity index (χ1n) is 10.3. The van der Waals surface area contributed by atoms with Crippen molar-refractivity contribution in [3.05, 3.63) is 59.1 Å². The van der Waals surface area contributed by atoms with Crippen molar-refractivity contribution in [1.82, 2.24) is 15.1 Å². The number of nitrogens with zero attached hydrogens (tertiary/aromatic N) is 3. The third-order valence-corrected chi connectivity index (χ3v) is 5.47. The standard InChI is InChI=1S/C23H27ClN6O3/c1-23(21(32)29(2)3,28-22(33)27-18-11-7-16(24)8-12-18)20(31)26-17-9-5-15(6-10-17)19-25-13-14-30(19)4/h5-12H,13-14H2,1-4H3,(H,26,31)(H2,27,28,33). The van der Waals surface area contributed by atoms with E-state index >= 15 is 0 Å². The van der Waals surface area contributed by atoms with Crippen molar-refractivity contribution < 1.29 is 14.4 Å². The number of rotatable bonds is 6. The summed E-state index contributed by atoms with van der Waals surface area (Å²) in [5.74, 6) is -0.360.